The number of piperidine rings is 1. The average Bonchev–Trinajstić information content (AvgIpc) is 3.16. The maximum atomic E-state index is 14.7. The third-order valence-electron chi connectivity index (χ3n) is 6.28. The quantitative estimate of drug-likeness (QED) is 0.713. The Bertz CT molecular complexity index is 905. The largest absolute Gasteiger partial charge is 0.481 e. The first-order valence-corrected chi connectivity index (χ1v) is 10.9. The highest BCUT2D eigenvalue weighted by molar-refractivity contribution is 5.95. The van der Waals surface area contributed by atoms with Crippen molar-refractivity contribution in [2.45, 2.75) is 58.6 Å². The Morgan fingerprint density at radius 2 is 1.97 bits per heavy atom. The molecular weight excluding hydrogens is 399 g/mol. The SMILES string of the molecule is CCC=C1C(=C(C)F)C(O)(CC)C(C(=O)O)CN1Cc1ccc(N2CCCC2=O)cc1. The van der Waals surface area contributed by atoms with Gasteiger partial charge in [-0.1, -0.05) is 32.1 Å². The van der Waals surface area contributed by atoms with E-state index in [0.717, 1.165) is 17.7 Å². The maximum absolute atomic E-state index is 14.7. The summed E-state index contributed by atoms with van der Waals surface area (Å²) in [5.41, 5.74) is 0.609. The Morgan fingerprint density at radius 1 is 1.29 bits per heavy atom. The van der Waals surface area contributed by atoms with Crippen LogP contribution in [0, 0.1) is 5.92 Å². The van der Waals surface area contributed by atoms with Gasteiger partial charge in [0.25, 0.3) is 0 Å². The van der Waals surface area contributed by atoms with Crippen LogP contribution < -0.4 is 4.90 Å². The molecule has 0 spiro atoms. The number of carboxylic acid groups (broad SMARTS) is 1. The van der Waals surface area contributed by atoms with Crippen LogP contribution in [0.3, 0.4) is 0 Å². The smallest absolute Gasteiger partial charge is 0.311 e. The standard InChI is InChI=1S/C24H31FN2O4/c1-4-7-20-22(16(3)25)24(31,5-2)19(23(29)30)15-26(20)14-17-9-11-18(12-10-17)27-13-6-8-21(27)28/h7,9-12,19,31H,4-6,8,13-15H2,1-3H3,(H,29,30). The number of halogens is 1. The van der Waals surface area contributed by atoms with Gasteiger partial charge in [-0.05, 0) is 43.9 Å². The predicted molar refractivity (Wildman–Crippen MR) is 117 cm³/mol. The average molecular weight is 431 g/mol. The van der Waals surface area contributed by atoms with Crippen LogP contribution in [0.1, 0.15) is 52.0 Å². The van der Waals surface area contributed by atoms with Gasteiger partial charge >= 0.3 is 5.97 Å². The van der Waals surface area contributed by atoms with Crippen LogP contribution in [0.15, 0.2) is 47.4 Å². The summed E-state index contributed by atoms with van der Waals surface area (Å²) in [5.74, 6) is -2.74. The van der Waals surface area contributed by atoms with E-state index in [9.17, 15) is 24.2 Å². The molecule has 2 atom stereocenters. The molecule has 0 bridgehead atoms. The number of hydrogen-bond donors (Lipinski definition) is 2. The number of carbonyl (C=O) groups is 2. The van der Waals surface area contributed by atoms with Crippen LogP contribution in [0.4, 0.5) is 10.1 Å². The van der Waals surface area contributed by atoms with Gasteiger partial charge in [0.15, 0.2) is 0 Å². The minimum absolute atomic E-state index is 0.0646. The van der Waals surface area contributed by atoms with Crippen molar-refractivity contribution in [3.8, 4) is 0 Å². The lowest BCUT2D eigenvalue weighted by molar-refractivity contribution is -0.152. The van der Waals surface area contributed by atoms with E-state index in [2.05, 4.69) is 0 Å². The Labute approximate surface area is 182 Å². The van der Waals surface area contributed by atoms with E-state index < -0.39 is 23.3 Å². The van der Waals surface area contributed by atoms with Crippen molar-refractivity contribution >= 4 is 17.6 Å². The summed E-state index contributed by atoms with van der Waals surface area (Å²) in [7, 11) is 0. The first-order chi connectivity index (χ1) is 14.7. The molecule has 0 aliphatic carbocycles. The predicted octanol–water partition coefficient (Wildman–Crippen LogP) is 4.01. The fourth-order valence-electron chi connectivity index (χ4n) is 4.70. The van der Waals surface area contributed by atoms with Gasteiger partial charge in [0.2, 0.25) is 5.91 Å². The summed E-state index contributed by atoms with van der Waals surface area (Å²) in [6, 6.07) is 7.60. The summed E-state index contributed by atoms with van der Waals surface area (Å²) in [5, 5.41) is 21.0. The lowest BCUT2D eigenvalue weighted by Gasteiger charge is -2.47. The molecular formula is C24H31FN2O4. The van der Waals surface area contributed by atoms with E-state index >= 15 is 0 Å². The number of benzene rings is 1. The first-order valence-electron chi connectivity index (χ1n) is 10.9. The lowest BCUT2D eigenvalue weighted by atomic mass is 9.73. The number of carboxylic acids is 1. The highest BCUT2D eigenvalue weighted by atomic mass is 19.1. The molecule has 7 heteroatoms. The molecule has 1 aromatic carbocycles. The second-order valence-electron chi connectivity index (χ2n) is 8.27. The molecule has 2 heterocycles. The summed E-state index contributed by atoms with van der Waals surface area (Å²) in [6.07, 6.45) is 3.99. The maximum Gasteiger partial charge on any atom is 0.311 e. The fourth-order valence-corrected chi connectivity index (χ4v) is 4.70. The van der Waals surface area contributed by atoms with Crippen LogP contribution >= 0.6 is 0 Å². The van der Waals surface area contributed by atoms with Crippen LogP contribution in [0.5, 0.6) is 0 Å². The Kier molecular flexibility index (Phi) is 6.84. The highest BCUT2D eigenvalue weighted by Gasteiger charge is 2.50. The molecule has 1 aromatic rings. The van der Waals surface area contributed by atoms with Crippen LogP contribution in [-0.2, 0) is 16.1 Å². The Balaban J connectivity index is 1.93. The van der Waals surface area contributed by atoms with Gasteiger partial charge < -0.3 is 20.0 Å². The molecule has 2 N–H and O–H groups in total. The van der Waals surface area contributed by atoms with Gasteiger partial charge in [-0.3, -0.25) is 9.59 Å². The third kappa shape index (κ3) is 4.37. The summed E-state index contributed by atoms with van der Waals surface area (Å²) >= 11 is 0. The zero-order valence-corrected chi connectivity index (χ0v) is 18.4. The van der Waals surface area contributed by atoms with Gasteiger partial charge in [-0.15, -0.1) is 0 Å². The number of nitrogens with zero attached hydrogens (tertiary/aromatic N) is 2. The number of aliphatic carboxylic acids is 1. The summed E-state index contributed by atoms with van der Waals surface area (Å²) < 4.78 is 14.7. The monoisotopic (exact) mass is 430 g/mol. The molecule has 2 fully saturated rings. The highest BCUT2D eigenvalue weighted by Crippen LogP contribution is 2.44. The van der Waals surface area contributed by atoms with Crippen LogP contribution in [0.25, 0.3) is 0 Å². The minimum atomic E-state index is -1.76. The molecule has 2 aliphatic rings. The number of rotatable bonds is 6. The molecule has 6 nitrogen and oxygen atoms in total. The van der Waals surface area contributed by atoms with Gasteiger partial charge in [-0.25, -0.2) is 4.39 Å². The molecule has 0 aromatic heterocycles. The summed E-state index contributed by atoms with van der Waals surface area (Å²) in [6.45, 7) is 6.04. The Morgan fingerprint density at radius 3 is 2.45 bits per heavy atom. The van der Waals surface area contributed by atoms with Crippen LogP contribution in [0.2, 0.25) is 0 Å². The van der Waals surface area contributed by atoms with Crippen molar-refractivity contribution in [1.82, 2.24) is 4.90 Å². The fraction of sp³-hybridized carbons (Fsp3) is 0.500. The topological polar surface area (TPSA) is 81.1 Å². The molecule has 2 aliphatic heterocycles. The zero-order valence-electron chi connectivity index (χ0n) is 18.4. The second-order valence-corrected chi connectivity index (χ2v) is 8.27. The van der Waals surface area contributed by atoms with E-state index in [1.165, 1.54) is 6.92 Å². The first kappa shape index (κ1) is 23.0. The van der Waals surface area contributed by atoms with Gasteiger partial charge in [0.1, 0.15) is 17.3 Å². The number of allylic oxidation sites excluding steroid dienone is 2. The zero-order chi connectivity index (χ0) is 22.8. The molecule has 2 unspecified atom stereocenters. The normalized spacial score (nSPS) is 27.2. The van der Waals surface area contributed by atoms with E-state index in [1.54, 1.807) is 11.8 Å². The van der Waals surface area contributed by atoms with Crippen molar-refractivity contribution in [2.24, 2.45) is 5.92 Å². The van der Waals surface area contributed by atoms with Gasteiger partial charge in [0.05, 0.1) is 0 Å². The molecule has 0 radical (unpaired) electrons. The third-order valence-corrected chi connectivity index (χ3v) is 6.28. The molecule has 0 saturated carbocycles. The van der Waals surface area contributed by atoms with E-state index in [0.29, 0.717) is 31.6 Å². The molecule has 2 saturated heterocycles. The second kappa shape index (κ2) is 9.22. The lowest BCUT2D eigenvalue weighted by Crippen LogP contribution is -2.55. The van der Waals surface area contributed by atoms with Crippen LogP contribution in [-0.4, -0.2) is 45.7 Å². The summed E-state index contributed by atoms with van der Waals surface area (Å²) in [4.78, 5) is 27.6. The molecule has 168 valence electrons. The number of carbonyl (C=O) groups excluding carboxylic acids is 1. The van der Waals surface area contributed by atoms with E-state index in [4.69, 9.17) is 0 Å². The van der Waals surface area contributed by atoms with Crippen molar-refractivity contribution in [2.75, 3.05) is 18.0 Å². The van der Waals surface area contributed by atoms with Crippen molar-refractivity contribution < 1.29 is 24.2 Å². The van der Waals surface area contributed by atoms with E-state index in [1.807, 2.05) is 42.2 Å². The number of aliphatic hydroxyl groups is 1. The van der Waals surface area contributed by atoms with Gasteiger partial charge in [-0.2, -0.15) is 0 Å². The van der Waals surface area contributed by atoms with Crippen molar-refractivity contribution in [3.05, 3.63) is 53.0 Å². The number of anilines is 1. The Hall–Kier alpha value is -2.67. The number of likely N-dealkylation sites (tertiary alicyclic amines) is 1. The molecule has 3 rings (SSSR count). The minimum Gasteiger partial charge on any atom is -0.481 e. The number of amides is 1. The van der Waals surface area contributed by atoms with Crippen molar-refractivity contribution in [1.29, 1.82) is 0 Å². The van der Waals surface area contributed by atoms with Crippen molar-refractivity contribution in [3.63, 3.8) is 0 Å². The molecule has 31 heavy (non-hydrogen) atoms. The van der Waals surface area contributed by atoms with E-state index in [-0.39, 0.29) is 24.4 Å². The molecule has 1 amide bonds. The number of hydrogen-bond acceptors (Lipinski definition) is 4. The van der Waals surface area contributed by atoms with Gasteiger partial charge in [0, 0.05) is 43.0 Å².